The van der Waals surface area contributed by atoms with Crippen LogP contribution in [0, 0.1) is 6.92 Å². The molecule has 2 aromatic rings. The molecule has 2 rings (SSSR count). The molecule has 0 atom stereocenters. The van der Waals surface area contributed by atoms with E-state index in [0.29, 0.717) is 22.3 Å². The van der Waals surface area contributed by atoms with Gasteiger partial charge in [-0.05, 0) is 43.7 Å². The van der Waals surface area contributed by atoms with Crippen LogP contribution >= 0.6 is 23.3 Å². The number of aryl methyl sites for hydroxylation is 1. The van der Waals surface area contributed by atoms with Crippen LogP contribution in [-0.2, 0) is 5.75 Å². The van der Waals surface area contributed by atoms with Gasteiger partial charge in [0.15, 0.2) is 0 Å². The van der Waals surface area contributed by atoms with E-state index in [0.717, 1.165) is 23.6 Å². The minimum absolute atomic E-state index is 0.261. The monoisotopic (exact) mass is 393 g/mol. The molecule has 26 heavy (non-hydrogen) atoms. The highest BCUT2D eigenvalue weighted by atomic mass is 32.2. The minimum atomic E-state index is -0.602. The number of aromatic nitrogens is 1. The van der Waals surface area contributed by atoms with Gasteiger partial charge in [-0.3, -0.25) is 10.1 Å². The Kier molecular flexibility index (Phi) is 7.43. The van der Waals surface area contributed by atoms with Gasteiger partial charge in [0.2, 0.25) is 0 Å². The van der Waals surface area contributed by atoms with Gasteiger partial charge in [0.05, 0.1) is 0 Å². The van der Waals surface area contributed by atoms with Crippen LogP contribution in [0.4, 0.5) is 9.80 Å². The van der Waals surface area contributed by atoms with Crippen LogP contribution in [-0.4, -0.2) is 48.4 Å². The van der Waals surface area contributed by atoms with Crippen molar-refractivity contribution < 1.29 is 9.59 Å². The number of primary amides is 1. The molecule has 0 aliphatic carbocycles. The van der Waals surface area contributed by atoms with Crippen molar-refractivity contribution in [3.05, 3.63) is 41.0 Å². The summed E-state index contributed by atoms with van der Waals surface area (Å²) in [5, 5.41) is 6.30. The molecule has 0 aliphatic rings. The van der Waals surface area contributed by atoms with Crippen molar-refractivity contribution in [3.63, 3.8) is 0 Å². The predicted octanol–water partition coefficient (Wildman–Crippen LogP) is 2.53. The van der Waals surface area contributed by atoms with E-state index in [2.05, 4.69) is 15.0 Å². The molecule has 0 spiro atoms. The van der Waals surface area contributed by atoms with Crippen molar-refractivity contribution in [3.8, 4) is 0 Å². The summed E-state index contributed by atoms with van der Waals surface area (Å²) in [6.07, 6.45) is 0. The summed E-state index contributed by atoms with van der Waals surface area (Å²) in [5.41, 5.74) is 8.11. The molecule has 1 aromatic carbocycles. The second-order valence-electron chi connectivity index (χ2n) is 5.96. The highest BCUT2D eigenvalue weighted by molar-refractivity contribution is 7.98. The molecule has 0 saturated carbocycles. The van der Waals surface area contributed by atoms with Crippen molar-refractivity contribution in [1.82, 2.24) is 14.6 Å². The van der Waals surface area contributed by atoms with Crippen molar-refractivity contribution in [2.45, 2.75) is 17.7 Å². The van der Waals surface area contributed by atoms with E-state index in [9.17, 15) is 9.59 Å². The summed E-state index contributed by atoms with van der Waals surface area (Å²) < 4.78 is 4.30. The molecular weight excluding hydrogens is 370 g/mol. The van der Waals surface area contributed by atoms with E-state index in [1.807, 2.05) is 50.2 Å². The number of nitrogens with one attached hydrogen (secondary N) is 2. The lowest BCUT2D eigenvalue weighted by Crippen LogP contribution is -2.34. The van der Waals surface area contributed by atoms with E-state index in [-0.39, 0.29) is 11.6 Å². The number of nitrogens with two attached hydrogens (primary N) is 1. The lowest BCUT2D eigenvalue weighted by Gasteiger charge is -2.11. The number of likely N-dealkylation sites (N-methyl/N-ethyl adjacent to an activating group) is 1. The first kappa shape index (κ1) is 20.2. The van der Waals surface area contributed by atoms with E-state index >= 15 is 0 Å². The number of nitrogens with zero attached hydrogens (tertiary/aromatic N) is 2. The van der Waals surface area contributed by atoms with Crippen LogP contribution in [0.25, 0.3) is 0 Å². The number of amides is 3. The SMILES string of the molecule is Cc1ccccc1CSc1nsc(NC(=O)NCCN(C)C)c1C(N)=O. The van der Waals surface area contributed by atoms with E-state index in [4.69, 9.17) is 5.73 Å². The molecule has 0 radical (unpaired) electrons. The van der Waals surface area contributed by atoms with Gasteiger partial charge in [0.25, 0.3) is 5.91 Å². The zero-order valence-corrected chi connectivity index (χ0v) is 16.7. The third-order valence-electron chi connectivity index (χ3n) is 3.60. The zero-order valence-electron chi connectivity index (χ0n) is 15.0. The van der Waals surface area contributed by atoms with Gasteiger partial charge in [-0.15, -0.1) is 0 Å². The van der Waals surface area contributed by atoms with E-state index in [1.165, 1.54) is 17.3 Å². The Hall–Kier alpha value is -2.10. The van der Waals surface area contributed by atoms with Gasteiger partial charge >= 0.3 is 6.03 Å². The molecular formula is C17H23N5O2S2. The van der Waals surface area contributed by atoms with Crippen molar-refractivity contribution >= 4 is 40.2 Å². The maximum atomic E-state index is 12.0. The van der Waals surface area contributed by atoms with Crippen molar-refractivity contribution in [2.24, 2.45) is 5.73 Å². The number of thioether (sulfide) groups is 1. The van der Waals surface area contributed by atoms with Gasteiger partial charge < -0.3 is 16.0 Å². The molecule has 9 heteroatoms. The van der Waals surface area contributed by atoms with Gasteiger partial charge in [0.1, 0.15) is 15.6 Å². The number of rotatable bonds is 8. The number of anilines is 1. The summed E-state index contributed by atoms with van der Waals surface area (Å²) in [6.45, 7) is 3.26. The minimum Gasteiger partial charge on any atom is -0.365 e. The molecule has 0 fully saturated rings. The maximum absolute atomic E-state index is 12.0. The number of hydrogen-bond donors (Lipinski definition) is 3. The molecule has 140 valence electrons. The standard InChI is InChI=1S/C17H23N5O2S2/c1-11-6-4-5-7-12(11)10-25-16-13(14(18)23)15(26-21-16)20-17(24)19-8-9-22(2)3/h4-7H,8-10H2,1-3H3,(H2,18,23)(H2,19,20,24). The van der Waals surface area contributed by atoms with Crippen LogP contribution in [0.3, 0.4) is 0 Å². The van der Waals surface area contributed by atoms with Gasteiger partial charge in [0, 0.05) is 18.8 Å². The molecule has 4 N–H and O–H groups in total. The second-order valence-corrected chi connectivity index (χ2v) is 7.69. The lowest BCUT2D eigenvalue weighted by molar-refractivity contribution is 0.0998. The van der Waals surface area contributed by atoms with Crippen LogP contribution < -0.4 is 16.4 Å². The van der Waals surface area contributed by atoms with E-state index < -0.39 is 5.91 Å². The molecule has 0 unspecified atom stereocenters. The number of carbonyl (C=O) groups is 2. The summed E-state index contributed by atoms with van der Waals surface area (Å²) in [4.78, 5) is 25.8. The summed E-state index contributed by atoms with van der Waals surface area (Å²) in [7, 11) is 3.85. The van der Waals surface area contributed by atoms with Crippen molar-refractivity contribution in [1.29, 1.82) is 0 Å². The Bertz CT molecular complexity index is 776. The molecule has 1 heterocycles. The molecule has 7 nitrogen and oxygen atoms in total. The molecule has 3 amide bonds. The molecule has 0 aliphatic heterocycles. The third kappa shape index (κ3) is 5.72. The van der Waals surface area contributed by atoms with Gasteiger partial charge in [-0.1, -0.05) is 36.0 Å². The van der Waals surface area contributed by atoms with Crippen molar-refractivity contribution in [2.75, 3.05) is 32.5 Å². The third-order valence-corrected chi connectivity index (χ3v) is 5.51. The maximum Gasteiger partial charge on any atom is 0.319 e. The Labute approximate surface area is 161 Å². The Morgan fingerprint density at radius 1 is 1.31 bits per heavy atom. The molecule has 1 aromatic heterocycles. The number of benzene rings is 1. The first-order valence-electron chi connectivity index (χ1n) is 8.05. The number of urea groups is 1. The highest BCUT2D eigenvalue weighted by Crippen LogP contribution is 2.33. The smallest absolute Gasteiger partial charge is 0.319 e. The number of carbonyl (C=O) groups excluding carboxylic acids is 2. The highest BCUT2D eigenvalue weighted by Gasteiger charge is 2.21. The van der Waals surface area contributed by atoms with Gasteiger partial charge in [-0.2, -0.15) is 4.37 Å². The van der Waals surface area contributed by atoms with Crippen LogP contribution in [0.1, 0.15) is 21.5 Å². The fourth-order valence-corrected chi connectivity index (χ4v) is 4.18. The van der Waals surface area contributed by atoms with E-state index in [1.54, 1.807) is 0 Å². The Balaban J connectivity index is 2.04. The molecule has 0 saturated heterocycles. The fraction of sp³-hybridized carbons (Fsp3) is 0.353. The quantitative estimate of drug-likeness (QED) is 0.599. The van der Waals surface area contributed by atoms with Crippen LogP contribution in [0.2, 0.25) is 0 Å². The Morgan fingerprint density at radius 3 is 2.69 bits per heavy atom. The van der Waals surface area contributed by atoms with Crippen LogP contribution in [0.5, 0.6) is 0 Å². The zero-order chi connectivity index (χ0) is 19.1. The molecule has 0 bridgehead atoms. The van der Waals surface area contributed by atoms with Crippen LogP contribution in [0.15, 0.2) is 29.3 Å². The first-order valence-corrected chi connectivity index (χ1v) is 9.80. The predicted molar refractivity (Wildman–Crippen MR) is 107 cm³/mol. The average molecular weight is 394 g/mol. The fourth-order valence-electron chi connectivity index (χ4n) is 2.14. The largest absolute Gasteiger partial charge is 0.365 e. The average Bonchev–Trinajstić information content (AvgIpc) is 2.96. The lowest BCUT2D eigenvalue weighted by atomic mass is 10.1. The van der Waals surface area contributed by atoms with Gasteiger partial charge in [-0.25, -0.2) is 4.79 Å². The normalized spacial score (nSPS) is 10.8. The topological polar surface area (TPSA) is 100 Å². The Morgan fingerprint density at radius 2 is 2.04 bits per heavy atom. The second kappa shape index (κ2) is 9.56. The number of hydrogen-bond acceptors (Lipinski definition) is 6. The first-order chi connectivity index (χ1) is 12.4. The summed E-state index contributed by atoms with van der Waals surface area (Å²) in [5.74, 6) is 0.0696. The summed E-state index contributed by atoms with van der Waals surface area (Å²) in [6, 6.07) is 7.66. The summed E-state index contributed by atoms with van der Waals surface area (Å²) >= 11 is 2.49.